The Balaban J connectivity index is 1.59. The molecule has 0 aromatic heterocycles. The smallest absolute Gasteiger partial charge is 0.309 e. The van der Waals surface area contributed by atoms with Crippen LogP contribution in [0.15, 0.2) is 30.3 Å². The number of nitrogens with zero attached hydrogens (tertiary/aromatic N) is 1. The summed E-state index contributed by atoms with van der Waals surface area (Å²) >= 11 is 0. The lowest BCUT2D eigenvalue weighted by Crippen LogP contribution is -2.37. The third-order valence-electron chi connectivity index (χ3n) is 4.65. The summed E-state index contributed by atoms with van der Waals surface area (Å²) in [5, 5.41) is 0. The van der Waals surface area contributed by atoms with Gasteiger partial charge < -0.3 is 14.4 Å². The molecule has 5 nitrogen and oxygen atoms in total. The van der Waals surface area contributed by atoms with Crippen LogP contribution in [0.2, 0.25) is 0 Å². The van der Waals surface area contributed by atoms with Gasteiger partial charge in [0.1, 0.15) is 0 Å². The molecule has 4 rings (SSSR count). The molecule has 1 aromatic carbocycles. The zero-order chi connectivity index (χ0) is 13.9. The Morgan fingerprint density at radius 1 is 1.35 bits per heavy atom. The van der Waals surface area contributed by atoms with E-state index in [0.29, 0.717) is 6.61 Å². The van der Waals surface area contributed by atoms with E-state index in [4.69, 9.17) is 9.47 Å². The number of benzene rings is 1. The van der Waals surface area contributed by atoms with Gasteiger partial charge >= 0.3 is 5.97 Å². The summed E-state index contributed by atoms with van der Waals surface area (Å²) in [7, 11) is 1.37. The fourth-order valence-electron chi connectivity index (χ4n) is 3.72. The normalized spacial score (nSPS) is 37.5. The molecule has 3 aliphatic rings. The molecule has 0 radical (unpaired) electrons. The predicted molar refractivity (Wildman–Crippen MR) is 68.3 cm³/mol. The van der Waals surface area contributed by atoms with Gasteiger partial charge in [-0.3, -0.25) is 9.59 Å². The predicted octanol–water partition coefficient (Wildman–Crippen LogP) is 0.961. The Hall–Kier alpha value is -1.88. The Morgan fingerprint density at radius 3 is 2.80 bits per heavy atom. The number of esters is 1. The van der Waals surface area contributed by atoms with Crippen molar-refractivity contribution in [3.63, 3.8) is 0 Å². The van der Waals surface area contributed by atoms with Gasteiger partial charge in [0.2, 0.25) is 5.91 Å². The Morgan fingerprint density at radius 2 is 2.10 bits per heavy atom. The fraction of sp³-hybridized carbons (Fsp3) is 0.467. The number of fused-ring (bicyclic) bond motifs is 3. The average Bonchev–Trinajstić information content (AvgIpc) is 2.96. The maximum atomic E-state index is 12.5. The first-order valence-corrected chi connectivity index (χ1v) is 6.80. The van der Waals surface area contributed by atoms with Gasteiger partial charge in [0.05, 0.1) is 31.6 Å². The van der Waals surface area contributed by atoms with Gasteiger partial charge in [-0.25, -0.2) is 0 Å². The summed E-state index contributed by atoms with van der Waals surface area (Å²) in [6, 6.07) is 9.74. The number of carbonyl (C=O) groups excluding carboxylic acids is 2. The lowest BCUT2D eigenvalue weighted by Gasteiger charge is -2.25. The second-order valence-electron chi connectivity index (χ2n) is 5.56. The molecule has 20 heavy (non-hydrogen) atoms. The second-order valence-corrected chi connectivity index (χ2v) is 5.56. The molecule has 0 N–H and O–H groups in total. The van der Waals surface area contributed by atoms with Gasteiger partial charge in [-0.2, -0.15) is 0 Å². The van der Waals surface area contributed by atoms with E-state index >= 15 is 0 Å². The molecule has 0 spiro atoms. The van der Waals surface area contributed by atoms with Crippen LogP contribution < -0.4 is 0 Å². The molecule has 0 bridgehead atoms. The van der Waals surface area contributed by atoms with Gasteiger partial charge in [-0.15, -0.1) is 0 Å². The maximum absolute atomic E-state index is 12.5. The summed E-state index contributed by atoms with van der Waals surface area (Å²) in [5.74, 6) is -0.615. The molecule has 2 aliphatic heterocycles. The molecule has 1 aliphatic carbocycles. The highest BCUT2D eigenvalue weighted by Gasteiger charge is 2.72. The topological polar surface area (TPSA) is 55.8 Å². The van der Waals surface area contributed by atoms with Crippen molar-refractivity contribution in [3.05, 3.63) is 35.9 Å². The molecular weight excluding hydrogens is 258 g/mol. The van der Waals surface area contributed by atoms with E-state index in [-0.39, 0.29) is 41.9 Å². The van der Waals surface area contributed by atoms with Crippen molar-refractivity contribution in [1.82, 2.24) is 4.90 Å². The van der Waals surface area contributed by atoms with E-state index < -0.39 is 0 Å². The Kier molecular flexibility index (Phi) is 2.41. The number of piperidine rings is 1. The van der Waals surface area contributed by atoms with Gasteiger partial charge in [-0.05, 0) is 0 Å². The number of carbonyl (C=O) groups is 2. The first-order chi connectivity index (χ1) is 9.74. The lowest BCUT2D eigenvalue weighted by atomic mass is 10.1. The van der Waals surface area contributed by atoms with E-state index in [2.05, 4.69) is 0 Å². The monoisotopic (exact) mass is 273 g/mol. The number of ether oxygens (including phenoxy) is 2. The lowest BCUT2D eigenvalue weighted by molar-refractivity contribution is -0.147. The van der Waals surface area contributed by atoms with Crippen LogP contribution >= 0.6 is 0 Å². The van der Waals surface area contributed by atoms with Crippen LogP contribution in [0, 0.1) is 17.8 Å². The van der Waals surface area contributed by atoms with Crippen molar-refractivity contribution in [3.8, 4) is 0 Å². The maximum Gasteiger partial charge on any atom is 0.309 e. The van der Waals surface area contributed by atoms with Crippen LogP contribution in [0.1, 0.15) is 11.8 Å². The standard InChI is InChI=1S/C15H15NO4/c1-19-15(18)12-10-9-7-20-14(8-5-3-2-4-6-8)16(9)13(17)11(10)12/h2-6,9-12,14H,7H2,1H3/t9-,10-,11+,12-,14-/m1/s1. The van der Waals surface area contributed by atoms with Crippen LogP contribution in [0.3, 0.4) is 0 Å². The number of hydrogen-bond donors (Lipinski definition) is 0. The highest BCUT2D eigenvalue weighted by Crippen LogP contribution is 2.60. The minimum atomic E-state index is -0.306. The van der Waals surface area contributed by atoms with Crippen LogP contribution in [-0.2, 0) is 19.1 Å². The van der Waals surface area contributed by atoms with Crippen molar-refractivity contribution in [2.45, 2.75) is 12.3 Å². The van der Waals surface area contributed by atoms with Gasteiger partial charge in [0.15, 0.2) is 6.23 Å². The SMILES string of the molecule is COC(=O)[C@H]1[C@H]2C(=O)N3[C@@H](c4ccccc4)OC[C@@H]3[C@H]21. The summed E-state index contributed by atoms with van der Waals surface area (Å²) in [6.45, 7) is 0.500. The largest absolute Gasteiger partial charge is 0.469 e. The molecule has 1 saturated carbocycles. The summed E-state index contributed by atoms with van der Waals surface area (Å²) < 4.78 is 10.6. The third-order valence-corrected chi connectivity index (χ3v) is 4.65. The molecule has 5 heteroatoms. The molecular formula is C15H15NO4. The van der Waals surface area contributed by atoms with Gasteiger partial charge in [-0.1, -0.05) is 30.3 Å². The molecule has 3 fully saturated rings. The quantitative estimate of drug-likeness (QED) is 0.753. The van der Waals surface area contributed by atoms with Crippen LogP contribution in [0.4, 0.5) is 0 Å². The number of rotatable bonds is 2. The molecule has 0 unspecified atom stereocenters. The third kappa shape index (κ3) is 1.41. The first kappa shape index (κ1) is 11.9. The second kappa shape index (κ2) is 4.06. The summed E-state index contributed by atoms with van der Waals surface area (Å²) in [4.78, 5) is 25.9. The van der Waals surface area contributed by atoms with E-state index in [9.17, 15) is 9.59 Å². The van der Waals surface area contributed by atoms with Crippen molar-refractivity contribution in [2.75, 3.05) is 13.7 Å². The van der Waals surface area contributed by atoms with Gasteiger partial charge in [0, 0.05) is 11.5 Å². The fourth-order valence-corrected chi connectivity index (χ4v) is 3.72. The molecule has 1 amide bonds. The number of amides is 1. The highest BCUT2D eigenvalue weighted by molar-refractivity contribution is 5.94. The minimum absolute atomic E-state index is 0.0156. The van der Waals surface area contributed by atoms with Crippen molar-refractivity contribution >= 4 is 11.9 Å². The zero-order valence-corrected chi connectivity index (χ0v) is 11.1. The average molecular weight is 273 g/mol. The molecule has 104 valence electrons. The van der Waals surface area contributed by atoms with Crippen molar-refractivity contribution < 1.29 is 19.1 Å². The van der Waals surface area contributed by atoms with Crippen LogP contribution in [0.25, 0.3) is 0 Å². The Bertz CT molecular complexity index is 572. The molecule has 2 saturated heterocycles. The zero-order valence-electron chi connectivity index (χ0n) is 11.1. The van der Waals surface area contributed by atoms with E-state index in [1.807, 2.05) is 35.2 Å². The van der Waals surface area contributed by atoms with E-state index in [0.717, 1.165) is 5.56 Å². The van der Waals surface area contributed by atoms with Gasteiger partial charge in [0.25, 0.3) is 0 Å². The first-order valence-electron chi connectivity index (χ1n) is 6.80. The molecule has 5 atom stereocenters. The van der Waals surface area contributed by atoms with E-state index in [1.165, 1.54) is 7.11 Å². The van der Waals surface area contributed by atoms with E-state index in [1.54, 1.807) is 0 Å². The minimum Gasteiger partial charge on any atom is -0.469 e. The van der Waals surface area contributed by atoms with Crippen LogP contribution in [-0.4, -0.2) is 36.5 Å². The number of hydrogen-bond acceptors (Lipinski definition) is 4. The Labute approximate surface area is 116 Å². The summed E-state index contributed by atoms with van der Waals surface area (Å²) in [5.41, 5.74) is 0.985. The van der Waals surface area contributed by atoms with Crippen molar-refractivity contribution in [2.24, 2.45) is 17.8 Å². The highest BCUT2D eigenvalue weighted by atomic mass is 16.5. The number of methoxy groups -OCH3 is 1. The molecule has 2 heterocycles. The molecule has 1 aromatic rings. The summed E-state index contributed by atoms with van der Waals surface area (Å²) in [6.07, 6.45) is -0.306. The van der Waals surface area contributed by atoms with Crippen LogP contribution in [0.5, 0.6) is 0 Å². The van der Waals surface area contributed by atoms with Crippen molar-refractivity contribution in [1.29, 1.82) is 0 Å².